The Bertz CT molecular complexity index is 1390. The van der Waals surface area contributed by atoms with Crippen molar-refractivity contribution in [2.24, 2.45) is 0 Å². The Morgan fingerprint density at radius 3 is 2.52 bits per heavy atom. The lowest BCUT2D eigenvalue weighted by Gasteiger charge is -2.11. The summed E-state index contributed by atoms with van der Waals surface area (Å²) in [4.78, 5) is 9.56. The van der Waals surface area contributed by atoms with Gasteiger partial charge in [0.25, 0.3) is 0 Å². The molecule has 0 aliphatic heterocycles. The molecule has 166 valence electrons. The predicted molar refractivity (Wildman–Crippen MR) is 133 cm³/mol. The molecule has 5 aromatic rings. The number of aryl methyl sites for hydroxylation is 2. The average Bonchev–Trinajstić information content (AvgIpc) is 3.48. The van der Waals surface area contributed by atoms with Crippen LogP contribution in [0, 0.1) is 6.92 Å². The Balaban J connectivity index is 1.49. The first-order chi connectivity index (χ1) is 16.1. The molecule has 0 aliphatic rings. The Kier molecular flexibility index (Phi) is 6.00. The number of hydrogen-bond acceptors (Lipinski definition) is 5. The summed E-state index contributed by atoms with van der Waals surface area (Å²) in [6.07, 6.45) is 3.18. The summed E-state index contributed by atoms with van der Waals surface area (Å²) in [5, 5.41) is 14.5. The highest BCUT2D eigenvalue weighted by Crippen LogP contribution is 2.30. The molecule has 1 N–H and O–H groups in total. The number of unbranched alkanes of at least 4 members (excludes halogenated alkanes) is 1. The molecule has 0 fully saturated rings. The maximum absolute atomic E-state index is 4.86. The largest absolute Gasteiger partial charge is 0.322 e. The molecule has 0 saturated heterocycles. The van der Waals surface area contributed by atoms with Gasteiger partial charge in [-0.15, -0.1) is 10.2 Å². The minimum atomic E-state index is 0.591. The van der Waals surface area contributed by atoms with Crippen LogP contribution in [0.15, 0.2) is 59.1 Å². The zero-order valence-corrected chi connectivity index (χ0v) is 20.2. The Morgan fingerprint density at radius 1 is 1.00 bits per heavy atom. The van der Waals surface area contributed by atoms with Crippen LogP contribution in [-0.2, 0) is 13.0 Å². The van der Waals surface area contributed by atoms with E-state index in [0.29, 0.717) is 5.82 Å². The van der Waals surface area contributed by atoms with Gasteiger partial charge in [-0.1, -0.05) is 61.9 Å². The van der Waals surface area contributed by atoms with Gasteiger partial charge in [-0.25, -0.2) is 9.97 Å². The zero-order valence-electron chi connectivity index (χ0n) is 18.6. The first-order valence-corrected chi connectivity index (χ1v) is 11.9. The normalized spacial score (nSPS) is 11.4. The predicted octanol–water partition coefficient (Wildman–Crippen LogP) is 5.74. The molecule has 3 aromatic heterocycles. The number of H-pyrrole nitrogens is 1. The molecule has 0 unspecified atom stereocenters. The molecular formula is C25H24BrN7. The van der Waals surface area contributed by atoms with E-state index in [1.807, 2.05) is 25.1 Å². The van der Waals surface area contributed by atoms with Gasteiger partial charge in [0, 0.05) is 23.0 Å². The van der Waals surface area contributed by atoms with Crippen molar-refractivity contribution >= 4 is 27.1 Å². The summed E-state index contributed by atoms with van der Waals surface area (Å²) >= 11 is 3.64. The molecule has 0 atom stereocenters. The van der Waals surface area contributed by atoms with E-state index in [4.69, 9.17) is 9.97 Å². The highest BCUT2D eigenvalue weighted by molar-refractivity contribution is 9.10. The van der Waals surface area contributed by atoms with Crippen molar-refractivity contribution < 1.29 is 0 Å². The standard InChI is InChI=1S/C25H24BrN7/c1-3-4-9-23-28-25-22(14-21(26)16(2)27-25)33(23)15-17-10-12-18(13-11-17)19-7-5-6-8-20(19)24-29-31-32-30-24/h5-8,10-14H,3-4,9,15H2,1-2H3,(H,29,30,31,32). The summed E-state index contributed by atoms with van der Waals surface area (Å²) in [7, 11) is 0. The minimum Gasteiger partial charge on any atom is -0.322 e. The van der Waals surface area contributed by atoms with Gasteiger partial charge in [0.15, 0.2) is 5.65 Å². The number of nitrogens with zero attached hydrogens (tertiary/aromatic N) is 6. The quantitative estimate of drug-likeness (QED) is 0.307. The fourth-order valence-electron chi connectivity index (χ4n) is 4.04. The molecular weight excluding hydrogens is 478 g/mol. The van der Waals surface area contributed by atoms with Crippen molar-refractivity contribution in [3.05, 3.63) is 76.2 Å². The van der Waals surface area contributed by atoms with Crippen molar-refractivity contribution in [2.75, 3.05) is 0 Å². The van der Waals surface area contributed by atoms with Crippen LogP contribution in [0.1, 0.15) is 36.8 Å². The van der Waals surface area contributed by atoms with Gasteiger partial charge in [-0.05, 0) is 57.2 Å². The third kappa shape index (κ3) is 4.30. The molecule has 8 heteroatoms. The highest BCUT2D eigenvalue weighted by Gasteiger charge is 2.15. The summed E-state index contributed by atoms with van der Waals surface area (Å²) < 4.78 is 3.30. The lowest BCUT2D eigenvalue weighted by Crippen LogP contribution is -2.05. The fourth-order valence-corrected chi connectivity index (χ4v) is 4.35. The summed E-state index contributed by atoms with van der Waals surface area (Å²) in [5.41, 5.74) is 7.18. The molecule has 7 nitrogen and oxygen atoms in total. The molecule has 0 amide bonds. The average molecular weight is 502 g/mol. The summed E-state index contributed by atoms with van der Waals surface area (Å²) in [6, 6.07) is 18.9. The number of pyridine rings is 1. The van der Waals surface area contributed by atoms with E-state index >= 15 is 0 Å². The van der Waals surface area contributed by atoms with Gasteiger partial charge in [0.1, 0.15) is 5.82 Å². The number of halogens is 1. The molecule has 0 radical (unpaired) electrons. The maximum atomic E-state index is 4.86. The molecule has 33 heavy (non-hydrogen) atoms. The molecule has 5 rings (SSSR count). The van der Waals surface area contributed by atoms with Gasteiger partial charge in [-0.3, -0.25) is 0 Å². The Morgan fingerprint density at radius 2 is 1.79 bits per heavy atom. The van der Waals surface area contributed by atoms with Gasteiger partial charge >= 0.3 is 0 Å². The van der Waals surface area contributed by atoms with Crippen LogP contribution in [0.3, 0.4) is 0 Å². The minimum absolute atomic E-state index is 0.591. The topological polar surface area (TPSA) is 85.2 Å². The third-order valence-electron chi connectivity index (χ3n) is 5.82. The van der Waals surface area contributed by atoms with Crippen molar-refractivity contribution in [2.45, 2.75) is 39.7 Å². The number of rotatable bonds is 7. The van der Waals surface area contributed by atoms with Crippen LogP contribution < -0.4 is 0 Å². The van der Waals surface area contributed by atoms with Crippen LogP contribution >= 0.6 is 15.9 Å². The van der Waals surface area contributed by atoms with Crippen LogP contribution in [0.25, 0.3) is 33.7 Å². The van der Waals surface area contributed by atoms with Crippen LogP contribution in [0.4, 0.5) is 0 Å². The second-order valence-electron chi connectivity index (χ2n) is 8.09. The number of aromatic nitrogens is 7. The fraction of sp³-hybridized carbons (Fsp3) is 0.240. The molecule has 0 saturated carbocycles. The highest BCUT2D eigenvalue weighted by atomic mass is 79.9. The Labute approximate surface area is 200 Å². The Hall–Kier alpha value is -3.39. The van der Waals surface area contributed by atoms with E-state index in [0.717, 1.165) is 69.7 Å². The van der Waals surface area contributed by atoms with Gasteiger partial charge in [0.05, 0.1) is 11.2 Å². The number of aromatic amines is 1. The van der Waals surface area contributed by atoms with E-state index in [1.165, 1.54) is 5.56 Å². The lowest BCUT2D eigenvalue weighted by atomic mass is 9.98. The van der Waals surface area contributed by atoms with Crippen LogP contribution in [-0.4, -0.2) is 35.2 Å². The SMILES string of the molecule is CCCCc1nc2nc(C)c(Br)cc2n1Cc1ccc(-c2ccccc2-c2nn[nH]n2)cc1. The maximum Gasteiger partial charge on any atom is 0.205 e. The number of benzene rings is 2. The zero-order chi connectivity index (χ0) is 22.8. The van der Waals surface area contributed by atoms with E-state index < -0.39 is 0 Å². The van der Waals surface area contributed by atoms with Crippen molar-refractivity contribution in [1.82, 2.24) is 35.2 Å². The van der Waals surface area contributed by atoms with Gasteiger partial charge in [-0.2, -0.15) is 5.21 Å². The van der Waals surface area contributed by atoms with Gasteiger partial charge in [0.2, 0.25) is 5.82 Å². The molecule has 0 bridgehead atoms. The van der Waals surface area contributed by atoms with E-state index in [-0.39, 0.29) is 0 Å². The number of tetrazole rings is 1. The van der Waals surface area contributed by atoms with Crippen molar-refractivity contribution in [1.29, 1.82) is 0 Å². The third-order valence-corrected chi connectivity index (χ3v) is 6.62. The second kappa shape index (κ2) is 9.23. The first-order valence-electron chi connectivity index (χ1n) is 11.1. The van der Waals surface area contributed by atoms with Gasteiger partial charge < -0.3 is 4.57 Å². The number of nitrogens with one attached hydrogen (secondary N) is 1. The number of imidazole rings is 1. The van der Waals surface area contributed by atoms with E-state index in [9.17, 15) is 0 Å². The molecule has 0 spiro atoms. The van der Waals surface area contributed by atoms with E-state index in [1.54, 1.807) is 0 Å². The molecule has 2 aromatic carbocycles. The lowest BCUT2D eigenvalue weighted by molar-refractivity contribution is 0.690. The van der Waals surface area contributed by atoms with Crippen molar-refractivity contribution in [3.63, 3.8) is 0 Å². The smallest absolute Gasteiger partial charge is 0.205 e. The molecule has 3 heterocycles. The van der Waals surface area contributed by atoms with Crippen LogP contribution in [0.5, 0.6) is 0 Å². The van der Waals surface area contributed by atoms with Crippen molar-refractivity contribution in [3.8, 4) is 22.5 Å². The first kappa shape index (κ1) is 21.5. The molecule has 0 aliphatic carbocycles. The number of fused-ring (bicyclic) bond motifs is 1. The van der Waals surface area contributed by atoms with E-state index in [2.05, 4.69) is 84.4 Å². The van der Waals surface area contributed by atoms with Crippen LogP contribution in [0.2, 0.25) is 0 Å². The monoisotopic (exact) mass is 501 g/mol. The summed E-state index contributed by atoms with van der Waals surface area (Å²) in [6.45, 7) is 4.95. The number of hydrogen-bond donors (Lipinski definition) is 1. The second-order valence-corrected chi connectivity index (χ2v) is 8.95. The summed E-state index contributed by atoms with van der Waals surface area (Å²) in [5.74, 6) is 1.68.